The van der Waals surface area contributed by atoms with Gasteiger partial charge in [-0.1, -0.05) is 48.1 Å². The highest BCUT2D eigenvalue weighted by Gasteiger charge is 1.93. The third kappa shape index (κ3) is 8.48. The maximum atomic E-state index is 10.3. The van der Waals surface area contributed by atoms with Crippen molar-refractivity contribution in [2.24, 2.45) is 0 Å². The minimum Gasteiger partial charge on any atom is -0.389 e. The Balaban J connectivity index is 4.41. The summed E-state index contributed by atoms with van der Waals surface area (Å²) in [5.41, 5.74) is 2.72. The Kier molecular flexibility index (Phi) is 8.50. The number of rotatable bonds is 6. The molecule has 0 rings (SSSR count). The molecular weight excluding hydrogens is 224 g/mol. The average Bonchev–Trinajstić information content (AvgIpc) is 2.33. The monoisotopic (exact) mass is 246 g/mol. The quantitative estimate of drug-likeness (QED) is 0.442. The molecule has 0 aliphatic carbocycles. The predicted octanol–water partition coefficient (Wildman–Crippen LogP) is 3.52. The van der Waals surface area contributed by atoms with Crippen molar-refractivity contribution in [3.63, 3.8) is 0 Å². The second-order valence-corrected chi connectivity index (χ2v) is 4.27. The third-order valence-corrected chi connectivity index (χ3v) is 2.39. The highest BCUT2D eigenvalue weighted by atomic mass is 16.3. The van der Waals surface area contributed by atoms with Gasteiger partial charge in [0.05, 0.1) is 6.10 Å². The number of aliphatic hydroxyl groups excluding tert-OH is 1. The van der Waals surface area contributed by atoms with E-state index >= 15 is 0 Å². The van der Waals surface area contributed by atoms with Gasteiger partial charge in [0.2, 0.25) is 0 Å². The first-order valence-electron chi connectivity index (χ1n) is 5.97. The molecule has 0 saturated carbocycles. The van der Waals surface area contributed by atoms with E-state index in [1.165, 1.54) is 0 Å². The molecular formula is C16H22O2. The molecule has 0 fully saturated rings. The summed E-state index contributed by atoms with van der Waals surface area (Å²) < 4.78 is 0. The Morgan fingerprint density at radius 2 is 1.50 bits per heavy atom. The van der Waals surface area contributed by atoms with Gasteiger partial charge in [-0.3, -0.25) is 4.79 Å². The zero-order chi connectivity index (χ0) is 14.0. The molecule has 98 valence electrons. The van der Waals surface area contributed by atoms with Gasteiger partial charge in [0.1, 0.15) is 6.29 Å². The topological polar surface area (TPSA) is 37.3 Å². The molecule has 0 heterocycles. The Labute approximate surface area is 110 Å². The molecule has 0 bridgehead atoms. The van der Waals surface area contributed by atoms with Crippen LogP contribution in [0.1, 0.15) is 27.7 Å². The predicted molar refractivity (Wildman–Crippen MR) is 77.3 cm³/mol. The van der Waals surface area contributed by atoms with Gasteiger partial charge in [-0.2, -0.15) is 0 Å². The third-order valence-electron chi connectivity index (χ3n) is 2.39. The number of carbonyl (C=O) groups excluding carboxylic acids is 1. The summed E-state index contributed by atoms with van der Waals surface area (Å²) in [4.78, 5) is 10.3. The Morgan fingerprint density at radius 1 is 0.944 bits per heavy atom. The van der Waals surface area contributed by atoms with Crippen LogP contribution in [0.4, 0.5) is 0 Å². The van der Waals surface area contributed by atoms with Gasteiger partial charge >= 0.3 is 0 Å². The van der Waals surface area contributed by atoms with Gasteiger partial charge in [0, 0.05) is 0 Å². The van der Waals surface area contributed by atoms with E-state index < -0.39 is 6.10 Å². The number of hydrogen-bond donors (Lipinski definition) is 1. The zero-order valence-corrected chi connectivity index (χ0v) is 11.6. The molecule has 1 N–H and O–H groups in total. The number of aldehydes is 1. The molecule has 1 atom stereocenters. The van der Waals surface area contributed by atoms with Crippen molar-refractivity contribution < 1.29 is 9.90 Å². The molecule has 0 aliphatic rings. The molecule has 0 radical (unpaired) electrons. The lowest BCUT2D eigenvalue weighted by Crippen LogP contribution is -1.99. The van der Waals surface area contributed by atoms with Crippen molar-refractivity contribution in [2.45, 2.75) is 33.8 Å². The van der Waals surface area contributed by atoms with Gasteiger partial charge in [-0.05, 0) is 38.8 Å². The molecule has 2 heteroatoms. The lowest BCUT2D eigenvalue weighted by atomic mass is 10.1. The van der Waals surface area contributed by atoms with Crippen LogP contribution in [0.2, 0.25) is 0 Å². The maximum Gasteiger partial charge on any atom is 0.145 e. The lowest BCUT2D eigenvalue weighted by Gasteiger charge is -2.00. The Bertz CT molecular complexity index is 405. The van der Waals surface area contributed by atoms with Gasteiger partial charge in [-0.15, -0.1) is 0 Å². The van der Waals surface area contributed by atoms with E-state index in [4.69, 9.17) is 0 Å². The van der Waals surface area contributed by atoms with Crippen LogP contribution in [-0.4, -0.2) is 17.5 Å². The number of allylic oxidation sites excluding steroid dienone is 9. The Hall–Kier alpha value is -1.67. The van der Waals surface area contributed by atoms with Crippen LogP contribution in [0.3, 0.4) is 0 Å². The molecule has 0 aromatic rings. The van der Waals surface area contributed by atoms with Crippen LogP contribution in [-0.2, 0) is 4.79 Å². The fraction of sp³-hybridized carbons (Fsp3) is 0.312. The van der Waals surface area contributed by atoms with E-state index in [2.05, 4.69) is 0 Å². The van der Waals surface area contributed by atoms with Crippen molar-refractivity contribution >= 4 is 6.29 Å². The largest absolute Gasteiger partial charge is 0.389 e. The van der Waals surface area contributed by atoms with E-state index in [1.54, 1.807) is 19.9 Å². The van der Waals surface area contributed by atoms with Crippen molar-refractivity contribution in [3.8, 4) is 0 Å². The van der Waals surface area contributed by atoms with Crippen LogP contribution in [0.15, 0.2) is 59.3 Å². The molecule has 0 amide bonds. The molecule has 1 unspecified atom stereocenters. The van der Waals surface area contributed by atoms with Gasteiger partial charge in [0.15, 0.2) is 0 Å². The summed E-state index contributed by atoms with van der Waals surface area (Å²) in [6.45, 7) is 7.38. The second-order valence-electron chi connectivity index (χ2n) is 4.27. The molecule has 0 aliphatic heterocycles. The fourth-order valence-corrected chi connectivity index (χ4v) is 1.00. The second kappa shape index (κ2) is 9.37. The summed E-state index contributed by atoms with van der Waals surface area (Å²) in [7, 11) is 0. The van der Waals surface area contributed by atoms with Crippen LogP contribution < -0.4 is 0 Å². The SMILES string of the molecule is CC(/C=C\C=C(/C)C(C)O)=C/C=C/C=C(\C)C=O. The van der Waals surface area contributed by atoms with Gasteiger partial charge < -0.3 is 5.11 Å². The first-order chi connectivity index (χ1) is 8.47. The van der Waals surface area contributed by atoms with Crippen molar-refractivity contribution in [2.75, 3.05) is 0 Å². The maximum absolute atomic E-state index is 10.3. The van der Waals surface area contributed by atoms with E-state index in [0.29, 0.717) is 5.57 Å². The molecule has 18 heavy (non-hydrogen) atoms. The summed E-state index contributed by atoms with van der Waals surface area (Å²) in [5, 5.41) is 9.27. The van der Waals surface area contributed by atoms with Crippen LogP contribution in [0.5, 0.6) is 0 Å². The van der Waals surface area contributed by atoms with Crippen molar-refractivity contribution in [1.82, 2.24) is 0 Å². The molecule has 0 aromatic carbocycles. The Morgan fingerprint density at radius 3 is 2.00 bits per heavy atom. The molecule has 0 spiro atoms. The fourth-order valence-electron chi connectivity index (χ4n) is 1.00. The van der Waals surface area contributed by atoms with E-state index in [-0.39, 0.29) is 0 Å². The zero-order valence-electron chi connectivity index (χ0n) is 11.6. The summed E-state index contributed by atoms with van der Waals surface area (Å²) in [5.74, 6) is 0. The summed E-state index contributed by atoms with van der Waals surface area (Å²) >= 11 is 0. The summed E-state index contributed by atoms with van der Waals surface area (Å²) in [6, 6.07) is 0. The van der Waals surface area contributed by atoms with Crippen LogP contribution >= 0.6 is 0 Å². The molecule has 0 aromatic heterocycles. The minimum atomic E-state index is -0.407. The number of hydrogen-bond acceptors (Lipinski definition) is 2. The lowest BCUT2D eigenvalue weighted by molar-refractivity contribution is -0.104. The normalized spacial score (nSPS) is 16.6. The highest BCUT2D eigenvalue weighted by molar-refractivity contribution is 5.72. The minimum absolute atomic E-state index is 0.407. The standard InChI is InChI=1S/C16H22O2/c1-13(8-5-6-9-14(2)12-17)10-7-11-15(3)16(4)18/h5-12,16,18H,1-4H3/b6-5+,10-7-,13-8-,14-9+,15-11+. The van der Waals surface area contributed by atoms with E-state index in [1.807, 2.05) is 50.3 Å². The van der Waals surface area contributed by atoms with Gasteiger partial charge in [-0.25, -0.2) is 0 Å². The smallest absolute Gasteiger partial charge is 0.145 e. The first kappa shape index (κ1) is 16.3. The van der Waals surface area contributed by atoms with E-state index in [9.17, 15) is 9.90 Å². The van der Waals surface area contributed by atoms with Crippen molar-refractivity contribution in [1.29, 1.82) is 0 Å². The van der Waals surface area contributed by atoms with E-state index in [0.717, 1.165) is 17.4 Å². The highest BCUT2D eigenvalue weighted by Crippen LogP contribution is 2.02. The number of aliphatic hydroxyl groups is 1. The summed E-state index contributed by atoms with van der Waals surface area (Å²) in [6.07, 6.45) is 13.6. The average molecular weight is 246 g/mol. The van der Waals surface area contributed by atoms with Crippen LogP contribution in [0, 0.1) is 0 Å². The molecule has 0 saturated heterocycles. The van der Waals surface area contributed by atoms with Crippen LogP contribution in [0.25, 0.3) is 0 Å². The molecule has 2 nitrogen and oxygen atoms in total. The first-order valence-corrected chi connectivity index (χ1v) is 5.97. The number of carbonyl (C=O) groups is 1. The van der Waals surface area contributed by atoms with Crippen molar-refractivity contribution in [3.05, 3.63) is 59.3 Å². The van der Waals surface area contributed by atoms with Gasteiger partial charge in [0.25, 0.3) is 0 Å².